The smallest absolute Gasteiger partial charge is 0.449 e. The van der Waals surface area contributed by atoms with Gasteiger partial charge >= 0.3 is 58.4 Å². The molecule has 2 rings (SSSR count). The van der Waals surface area contributed by atoms with Crippen molar-refractivity contribution >= 4 is 6.98 Å². The average molecular weight is 239 g/mol. The van der Waals surface area contributed by atoms with Gasteiger partial charge in [0.05, 0.1) is 0 Å². The average Bonchev–Trinajstić information content (AvgIpc) is 2.85. The Balaban J connectivity index is 0.00000112. The largest absolute Gasteiger partial charge is 1.00 e. The summed E-state index contributed by atoms with van der Waals surface area (Å²) in [4.78, 5) is 4.03. The van der Waals surface area contributed by atoms with Gasteiger partial charge in [0.25, 0.3) is 0 Å². The molecule has 1 aromatic heterocycles. The quantitative estimate of drug-likeness (QED) is 0.671. The first-order chi connectivity index (χ1) is 6.56. The molecule has 0 amide bonds. The van der Waals surface area contributed by atoms with E-state index in [2.05, 4.69) is 4.98 Å². The van der Waals surface area contributed by atoms with E-state index in [0.29, 0.717) is 11.3 Å². The van der Waals surface area contributed by atoms with Crippen molar-refractivity contribution in [3.63, 3.8) is 0 Å². The van der Waals surface area contributed by atoms with Gasteiger partial charge in [0.15, 0.2) is 0 Å². The molecule has 76 valence electrons. The van der Waals surface area contributed by atoms with Crippen molar-refractivity contribution in [1.82, 2.24) is 4.98 Å². The number of hydrogen-bond acceptors (Lipinski definition) is 1. The van der Waals surface area contributed by atoms with Gasteiger partial charge in [-0.3, -0.25) is 4.98 Å². The molecule has 1 nitrogen and oxygen atoms in total. The maximum Gasteiger partial charge on any atom is 1.00 e. The summed E-state index contributed by atoms with van der Waals surface area (Å²) in [6, 6.07) is 3.11. The summed E-state index contributed by atoms with van der Waals surface area (Å²) in [5.74, 6) is 0.282. The van der Waals surface area contributed by atoms with Gasteiger partial charge in [-0.15, -0.1) is 0 Å². The van der Waals surface area contributed by atoms with Crippen LogP contribution in [0.3, 0.4) is 0 Å². The second-order valence-electron chi connectivity index (χ2n) is 3.74. The predicted octanol–water partition coefficient (Wildman–Crippen LogP) is -0.108. The van der Waals surface area contributed by atoms with E-state index in [9.17, 15) is 12.9 Å². The second kappa shape index (κ2) is 5.31. The van der Waals surface area contributed by atoms with Crippen LogP contribution in [0, 0.1) is 0 Å². The van der Waals surface area contributed by atoms with Crippen LogP contribution in [0.1, 0.15) is 30.0 Å². The first kappa shape index (κ1) is 13.7. The Hall–Kier alpha value is 0.641. The van der Waals surface area contributed by atoms with Gasteiger partial charge in [0.1, 0.15) is 0 Å². The summed E-state index contributed by atoms with van der Waals surface area (Å²) in [6.45, 7) is -4.74. The maximum atomic E-state index is 12.2. The zero-order valence-corrected chi connectivity index (χ0v) is 11.7. The molecule has 0 spiro atoms. The molecule has 0 aromatic carbocycles. The second-order valence-corrected chi connectivity index (χ2v) is 3.74. The molecule has 0 saturated heterocycles. The van der Waals surface area contributed by atoms with E-state index in [1.54, 1.807) is 12.3 Å². The van der Waals surface area contributed by atoms with E-state index in [1.165, 1.54) is 6.07 Å². The first-order valence-electron chi connectivity index (χ1n) is 4.71. The first-order valence-corrected chi connectivity index (χ1v) is 4.71. The van der Waals surface area contributed by atoms with Gasteiger partial charge in [-0.25, -0.2) is 0 Å². The molecular formula is C9H10BF3KN. The molecule has 1 heterocycles. The van der Waals surface area contributed by atoms with Crippen LogP contribution in [0.15, 0.2) is 18.3 Å². The molecule has 1 saturated carbocycles. The molecular weight excluding hydrogens is 229 g/mol. The Labute approximate surface area is 129 Å². The van der Waals surface area contributed by atoms with E-state index in [-0.39, 0.29) is 57.3 Å². The minimum Gasteiger partial charge on any atom is -0.449 e. The van der Waals surface area contributed by atoms with Gasteiger partial charge in [-0.1, -0.05) is 17.9 Å². The predicted molar refractivity (Wildman–Crippen MR) is 49.0 cm³/mol. The fourth-order valence-corrected chi connectivity index (χ4v) is 1.60. The van der Waals surface area contributed by atoms with Gasteiger partial charge in [-0.05, 0) is 18.9 Å². The Morgan fingerprint density at radius 1 is 1.33 bits per heavy atom. The van der Waals surface area contributed by atoms with Crippen molar-refractivity contribution in [1.29, 1.82) is 0 Å². The molecule has 6 heteroatoms. The van der Waals surface area contributed by atoms with E-state index >= 15 is 0 Å². The Kier molecular flexibility index (Phi) is 4.86. The summed E-state index contributed by atoms with van der Waals surface area (Å²) in [5, 5.41) is 0. The van der Waals surface area contributed by atoms with Crippen molar-refractivity contribution in [2.24, 2.45) is 0 Å². The van der Waals surface area contributed by atoms with Crippen LogP contribution in [0.4, 0.5) is 12.9 Å². The van der Waals surface area contributed by atoms with E-state index < -0.39 is 13.3 Å². The Morgan fingerprint density at radius 3 is 2.53 bits per heavy atom. The standard InChI is InChI=1S/C9H10BF3N.K/c11-10(12,13)6-8-2-1-5-14-9(8)7-3-4-7;/h1-2,5,7H,3-4,6H2;/q-1;+1. The number of halogens is 3. The Bertz CT molecular complexity index is 338. The number of aromatic nitrogens is 1. The minimum atomic E-state index is -4.74. The molecule has 1 aliphatic carbocycles. The van der Waals surface area contributed by atoms with E-state index in [0.717, 1.165) is 12.8 Å². The van der Waals surface area contributed by atoms with Gasteiger partial charge < -0.3 is 12.9 Å². The van der Waals surface area contributed by atoms with Crippen molar-refractivity contribution in [3.8, 4) is 0 Å². The summed E-state index contributed by atoms with van der Waals surface area (Å²) < 4.78 is 36.7. The Morgan fingerprint density at radius 2 is 2.00 bits per heavy atom. The zero-order chi connectivity index (χ0) is 10.2. The van der Waals surface area contributed by atoms with Crippen molar-refractivity contribution in [2.75, 3.05) is 0 Å². The van der Waals surface area contributed by atoms with Crippen molar-refractivity contribution < 1.29 is 64.3 Å². The zero-order valence-electron chi connectivity index (χ0n) is 8.59. The van der Waals surface area contributed by atoms with Crippen molar-refractivity contribution in [2.45, 2.75) is 25.1 Å². The summed E-state index contributed by atoms with van der Waals surface area (Å²) >= 11 is 0. The van der Waals surface area contributed by atoms with Crippen molar-refractivity contribution in [3.05, 3.63) is 29.6 Å². The molecule has 0 unspecified atom stereocenters. The van der Waals surface area contributed by atoms with Crippen LogP contribution in [0.5, 0.6) is 0 Å². The third-order valence-electron chi connectivity index (χ3n) is 2.34. The molecule has 0 atom stereocenters. The third-order valence-corrected chi connectivity index (χ3v) is 2.34. The monoisotopic (exact) mass is 239 g/mol. The summed E-state index contributed by atoms with van der Waals surface area (Å²) in [6.07, 6.45) is 2.74. The van der Waals surface area contributed by atoms with Crippen LogP contribution < -0.4 is 51.4 Å². The fraction of sp³-hybridized carbons (Fsp3) is 0.444. The van der Waals surface area contributed by atoms with Gasteiger partial charge in [-0.2, -0.15) is 0 Å². The maximum absolute atomic E-state index is 12.2. The SMILES string of the molecule is F[B-](F)(F)Cc1cccnc1C1CC1.[K+]. The van der Waals surface area contributed by atoms with Crippen LogP contribution in [0.2, 0.25) is 0 Å². The molecule has 0 bridgehead atoms. The van der Waals surface area contributed by atoms with Crippen LogP contribution in [-0.2, 0) is 6.32 Å². The van der Waals surface area contributed by atoms with E-state index in [1.807, 2.05) is 0 Å². The molecule has 1 fully saturated rings. The number of pyridine rings is 1. The third kappa shape index (κ3) is 4.19. The normalized spacial score (nSPS) is 15.9. The molecule has 15 heavy (non-hydrogen) atoms. The molecule has 0 N–H and O–H groups in total. The van der Waals surface area contributed by atoms with E-state index in [4.69, 9.17) is 0 Å². The molecule has 0 radical (unpaired) electrons. The summed E-state index contributed by atoms with van der Waals surface area (Å²) in [5.41, 5.74) is 1.02. The molecule has 0 aliphatic heterocycles. The van der Waals surface area contributed by atoms with Crippen LogP contribution in [-0.4, -0.2) is 12.0 Å². The molecule has 1 aromatic rings. The van der Waals surface area contributed by atoms with Gasteiger partial charge in [0.2, 0.25) is 0 Å². The number of hydrogen-bond donors (Lipinski definition) is 0. The fourth-order valence-electron chi connectivity index (χ4n) is 1.60. The van der Waals surface area contributed by atoms with Crippen LogP contribution in [0.25, 0.3) is 0 Å². The minimum absolute atomic E-state index is 0. The topological polar surface area (TPSA) is 12.9 Å². The summed E-state index contributed by atoms with van der Waals surface area (Å²) in [7, 11) is 0. The molecule has 1 aliphatic rings. The number of rotatable bonds is 3. The number of nitrogens with zero attached hydrogens (tertiary/aromatic N) is 1. The van der Waals surface area contributed by atoms with Crippen LogP contribution >= 0.6 is 0 Å². The van der Waals surface area contributed by atoms with Gasteiger partial charge in [0, 0.05) is 17.8 Å².